The van der Waals surface area contributed by atoms with Crippen molar-refractivity contribution in [2.24, 2.45) is 0 Å². The third-order valence-corrected chi connectivity index (χ3v) is 5.00. The van der Waals surface area contributed by atoms with Crippen LogP contribution in [-0.2, 0) is 11.2 Å². The Balaban J connectivity index is 1.74. The molecule has 6 heteroatoms. The number of hydrogen-bond donors (Lipinski definition) is 2. The molecule has 0 fully saturated rings. The van der Waals surface area contributed by atoms with E-state index >= 15 is 0 Å². The number of anilines is 2. The largest absolute Gasteiger partial charge is 0.325 e. The van der Waals surface area contributed by atoms with Crippen LogP contribution < -0.4 is 10.6 Å². The monoisotopic (exact) mass is 412 g/mol. The van der Waals surface area contributed by atoms with Crippen LogP contribution in [0.4, 0.5) is 11.4 Å². The molecule has 0 saturated carbocycles. The van der Waals surface area contributed by atoms with Crippen LogP contribution in [0.15, 0.2) is 66.7 Å². The zero-order chi connectivity index (χ0) is 20.1. The fourth-order valence-corrected chi connectivity index (χ4v) is 3.28. The molecule has 142 valence electrons. The molecule has 2 N–H and O–H groups in total. The molecule has 0 bridgehead atoms. The molecule has 0 saturated heterocycles. The summed E-state index contributed by atoms with van der Waals surface area (Å²) >= 11 is 12.3. The Morgan fingerprint density at radius 3 is 2.00 bits per heavy atom. The summed E-state index contributed by atoms with van der Waals surface area (Å²) in [6.07, 6.45) is 0.0541. The van der Waals surface area contributed by atoms with Gasteiger partial charge in [0.25, 0.3) is 5.91 Å². The summed E-state index contributed by atoms with van der Waals surface area (Å²) in [7, 11) is 0. The van der Waals surface area contributed by atoms with E-state index in [9.17, 15) is 9.59 Å². The van der Waals surface area contributed by atoms with E-state index in [0.29, 0.717) is 32.5 Å². The molecule has 4 nitrogen and oxygen atoms in total. The minimum atomic E-state index is -0.246. The molecule has 0 aromatic heterocycles. The Kier molecular flexibility index (Phi) is 6.34. The highest BCUT2D eigenvalue weighted by Gasteiger charge is 2.14. The highest BCUT2D eigenvalue weighted by atomic mass is 35.5. The van der Waals surface area contributed by atoms with Crippen molar-refractivity contribution in [3.8, 4) is 0 Å². The van der Waals surface area contributed by atoms with Crippen molar-refractivity contribution in [1.82, 2.24) is 0 Å². The van der Waals surface area contributed by atoms with Gasteiger partial charge in [0.2, 0.25) is 5.91 Å². The van der Waals surface area contributed by atoms with Gasteiger partial charge in [0.05, 0.1) is 6.42 Å². The number of hydrogen-bond acceptors (Lipinski definition) is 2. The van der Waals surface area contributed by atoms with Crippen LogP contribution in [0.5, 0.6) is 0 Å². The Labute approximate surface area is 173 Å². The maximum Gasteiger partial charge on any atom is 0.255 e. The second-order valence-corrected chi connectivity index (χ2v) is 7.04. The van der Waals surface area contributed by atoms with E-state index in [-0.39, 0.29) is 18.2 Å². The van der Waals surface area contributed by atoms with Crippen LogP contribution in [0, 0.1) is 6.92 Å². The molecule has 0 unspecified atom stereocenters. The molecule has 0 atom stereocenters. The second-order valence-electron chi connectivity index (χ2n) is 6.22. The lowest BCUT2D eigenvalue weighted by molar-refractivity contribution is -0.115. The van der Waals surface area contributed by atoms with E-state index in [1.807, 2.05) is 13.0 Å². The van der Waals surface area contributed by atoms with Gasteiger partial charge in [0.1, 0.15) is 0 Å². The smallest absolute Gasteiger partial charge is 0.255 e. The average molecular weight is 413 g/mol. The molecule has 0 radical (unpaired) electrons. The lowest BCUT2D eigenvalue weighted by Crippen LogP contribution is -2.17. The van der Waals surface area contributed by atoms with E-state index in [2.05, 4.69) is 10.6 Å². The van der Waals surface area contributed by atoms with E-state index in [0.717, 1.165) is 5.56 Å². The first-order valence-electron chi connectivity index (χ1n) is 8.64. The van der Waals surface area contributed by atoms with Crippen LogP contribution >= 0.6 is 23.2 Å². The number of amides is 2. The van der Waals surface area contributed by atoms with Gasteiger partial charge < -0.3 is 10.6 Å². The van der Waals surface area contributed by atoms with Gasteiger partial charge in [0, 0.05) is 27.0 Å². The fourth-order valence-electron chi connectivity index (χ4n) is 2.75. The number of carbonyl (C=O) groups is 2. The molecule has 3 aromatic rings. The topological polar surface area (TPSA) is 58.2 Å². The normalized spacial score (nSPS) is 10.4. The lowest BCUT2D eigenvalue weighted by atomic mass is 10.1. The minimum Gasteiger partial charge on any atom is -0.325 e. The highest BCUT2D eigenvalue weighted by Crippen LogP contribution is 2.27. The van der Waals surface area contributed by atoms with Crippen molar-refractivity contribution in [3.63, 3.8) is 0 Å². The minimum absolute atomic E-state index is 0.0541. The molecule has 3 rings (SSSR count). The van der Waals surface area contributed by atoms with Crippen molar-refractivity contribution in [2.45, 2.75) is 13.3 Å². The van der Waals surface area contributed by atoms with E-state index in [1.54, 1.807) is 60.7 Å². The van der Waals surface area contributed by atoms with Gasteiger partial charge in [-0.1, -0.05) is 53.5 Å². The van der Waals surface area contributed by atoms with Gasteiger partial charge in [-0.05, 0) is 54.4 Å². The molecule has 2 amide bonds. The zero-order valence-corrected chi connectivity index (χ0v) is 16.6. The van der Waals surface area contributed by atoms with Gasteiger partial charge in [-0.15, -0.1) is 0 Å². The van der Waals surface area contributed by atoms with Crippen molar-refractivity contribution >= 4 is 46.4 Å². The average Bonchev–Trinajstić information content (AvgIpc) is 2.68. The van der Waals surface area contributed by atoms with Gasteiger partial charge in [-0.3, -0.25) is 9.59 Å². The maximum absolute atomic E-state index is 12.5. The molecule has 0 aliphatic heterocycles. The maximum atomic E-state index is 12.5. The van der Waals surface area contributed by atoms with Gasteiger partial charge in [0.15, 0.2) is 0 Å². The first-order valence-corrected chi connectivity index (χ1v) is 9.40. The van der Waals surface area contributed by atoms with Crippen molar-refractivity contribution < 1.29 is 9.59 Å². The third-order valence-electron chi connectivity index (χ3n) is 4.29. The van der Waals surface area contributed by atoms with Gasteiger partial charge >= 0.3 is 0 Å². The van der Waals surface area contributed by atoms with Crippen molar-refractivity contribution in [1.29, 1.82) is 0 Å². The summed E-state index contributed by atoms with van der Waals surface area (Å²) in [6.45, 7) is 1.83. The third kappa shape index (κ3) is 4.71. The number of rotatable bonds is 5. The second kappa shape index (κ2) is 8.91. The molecular formula is C22H18Cl2N2O2. The first-order chi connectivity index (χ1) is 13.5. The van der Waals surface area contributed by atoms with Gasteiger partial charge in [-0.2, -0.15) is 0 Å². The Morgan fingerprint density at radius 1 is 0.786 bits per heavy atom. The molecule has 0 heterocycles. The number of carbonyl (C=O) groups excluding carboxylic acids is 2. The summed E-state index contributed by atoms with van der Waals surface area (Å²) in [4.78, 5) is 24.9. The lowest BCUT2D eigenvalue weighted by Gasteiger charge is -2.14. The van der Waals surface area contributed by atoms with Crippen molar-refractivity contribution in [2.75, 3.05) is 10.6 Å². The van der Waals surface area contributed by atoms with Crippen molar-refractivity contribution in [3.05, 3.63) is 93.5 Å². The number of benzene rings is 3. The quantitative estimate of drug-likeness (QED) is 0.561. The van der Waals surface area contributed by atoms with E-state index in [1.165, 1.54) is 0 Å². The Hall–Kier alpha value is -2.82. The summed E-state index contributed by atoms with van der Waals surface area (Å²) in [5.74, 6) is -0.459. The SMILES string of the molecule is Cc1c(NC(=O)Cc2c(Cl)cccc2Cl)cccc1NC(=O)c1ccccc1. The first kappa shape index (κ1) is 19.9. The molecule has 0 spiro atoms. The summed E-state index contributed by atoms with van der Waals surface area (Å²) in [6, 6.07) is 19.4. The number of nitrogens with one attached hydrogen (secondary N) is 2. The van der Waals surface area contributed by atoms with Crippen LogP contribution in [0.25, 0.3) is 0 Å². The van der Waals surface area contributed by atoms with Crippen LogP contribution in [0.3, 0.4) is 0 Å². The summed E-state index contributed by atoms with van der Waals surface area (Å²) in [5.41, 5.74) is 3.13. The molecular weight excluding hydrogens is 395 g/mol. The Bertz CT molecular complexity index is 1000. The predicted molar refractivity (Wildman–Crippen MR) is 114 cm³/mol. The molecule has 28 heavy (non-hydrogen) atoms. The van der Waals surface area contributed by atoms with Crippen LogP contribution in [-0.4, -0.2) is 11.8 Å². The highest BCUT2D eigenvalue weighted by molar-refractivity contribution is 6.36. The van der Waals surface area contributed by atoms with Crippen LogP contribution in [0.2, 0.25) is 10.0 Å². The predicted octanol–water partition coefficient (Wildman–Crippen LogP) is 5.74. The van der Waals surface area contributed by atoms with Crippen LogP contribution in [0.1, 0.15) is 21.5 Å². The van der Waals surface area contributed by atoms with E-state index < -0.39 is 0 Å². The van der Waals surface area contributed by atoms with E-state index in [4.69, 9.17) is 23.2 Å². The fraction of sp³-hybridized carbons (Fsp3) is 0.0909. The summed E-state index contributed by atoms with van der Waals surface area (Å²) in [5, 5.41) is 6.63. The zero-order valence-electron chi connectivity index (χ0n) is 15.1. The summed E-state index contributed by atoms with van der Waals surface area (Å²) < 4.78 is 0. The number of halogens is 2. The molecule has 0 aliphatic rings. The standard InChI is InChI=1S/C22H18Cl2N2O2/c1-14-19(25-21(27)13-16-17(23)9-5-10-18(16)24)11-6-12-20(14)26-22(28)15-7-3-2-4-8-15/h2-12H,13H2,1H3,(H,25,27)(H,26,28). The molecule has 3 aromatic carbocycles. The molecule has 0 aliphatic carbocycles. The van der Waals surface area contributed by atoms with Gasteiger partial charge in [-0.25, -0.2) is 0 Å². The Morgan fingerprint density at radius 2 is 1.36 bits per heavy atom.